The van der Waals surface area contributed by atoms with Gasteiger partial charge in [-0.2, -0.15) is 0 Å². The van der Waals surface area contributed by atoms with E-state index >= 15 is 0 Å². The van der Waals surface area contributed by atoms with Crippen LogP contribution >= 0.6 is 0 Å². The molecule has 0 amide bonds. The standard InChI is InChI=1S/C31H35F3N2O4/c1-39-30(38)29(37)36(21-9-6-12-23-10-4-2-5-11-23)25-15-18-28(35-19-7-3-8-20-35)27(22-25)24-13-16-26(17-14-24)40-31(32,33)34/h2,4-5,10-11,13-18,22,29,37H,3,6-9,12,19-21H2,1H3. The number of nitrogens with zero attached hydrogens (tertiary/aromatic N) is 2. The molecule has 1 aliphatic rings. The van der Waals surface area contributed by atoms with E-state index in [9.17, 15) is 23.1 Å². The summed E-state index contributed by atoms with van der Waals surface area (Å²) in [5.41, 5.74) is 4.28. The zero-order chi connectivity index (χ0) is 28.5. The first kappa shape index (κ1) is 29.3. The number of ether oxygens (including phenoxy) is 2. The van der Waals surface area contributed by atoms with E-state index in [2.05, 4.69) is 21.8 Å². The Labute approximate surface area is 232 Å². The van der Waals surface area contributed by atoms with Crippen LogP contribution in [0.2, 0.25) is 0 Å². The number of hydrogen-bond donors (Lipinski definition) is 1. The molecule has 1 N–H and O–H groups in total. The summed E-state index contributed by atoms with van der Waals surface area (Å²) in [6, 6.07) is 21.6. The molecule has 0 aliphatic carbocycles. The van der Waals surface area contributed by atoms with Gasteiger partial charge in [0.05, 0.1) is 7.11 Å². The Kier molecular flexibility index (Phi) is 9.93. The van der Waals surface area contributed by atoms with Crippen LogP contribution in [-0.4, -0.2) is 50.4 Å². The van der Waals surface area contributed by atoms with Gasteiger partial charge in [0.15, 0.2) is 0 Å². The lowest BCUT2D eigenvalue weighted by molar-refractivity contribution is -0.274. The Balaban J connectivity index is 1.63. The lowest BCUT2D eigenvalue weighted by Crippen LogP contribution is -2.42. The van der Waals surface area contributed by atoms with E-state index in [4.69, 9.17) is 4.74 Å². The predicted molar refractivity (Wildman–Crippen MR) is 149 cm³/mol. The largest absolute Gasteiger partial charge is 0.573 e. The SMILES string of the molecule is COC(=O)C(O)N(CCCCc1ccccc1)c1ccc(N2CCCCC2)c(-c2ccc(OC(F)(F)F)cc2)c1. The topological polar surface area (TPSA) is 62.2 Å². The van der Waals surface area contributed by atoms with Gasteiger partial charge < -0.3 is 24.4 Å². The van der Waals surface area contributed by atoms with Crippen molar-refractivity contribution in [2.75, 3.05) is 36.5 Å². The average molecular weight is 557 g/mol. The van der Waals surface area contributed by atoms with Gasteiger partial charge in [0.25, 0.3) is 0 Å². The molecule has 1 atom stereocenters. The summed E-state index contributed by atoms with van der Waals surface area (Å²) >= 11 is 0. The number of anilines is 2. The van der Waals surface area contributed by atoms with Crippen LogP contribution in [0.3, 0.4) is 0 Å². The molecular formula is C31H35F3N2O4. The third-order valence-electron chi connectivity index (χ3n) is 7.07. The molecule has 4 rings (SSSR count). The number of hydrogen-bond acceptors (Lipinski definition) is 6. The second-order valence-electron chi connectivity index (χ2n) is 9.85. The number of aryl methyl sites for hydroxylation is 1. The maximum atomic E-state index is 12.7. The van der Waals surface area contributed by atoms with E-state index in [-0.39, 0.29) is 5.75 Å². The van der Waals surface area contributed by atoms with Crippen molar-refractivity contribution >= 4 is 17.3 Å². The summed E-state index contributed by atoms with van der Waals surface area (Å²) < 4.78 is 47.0. The Morgan fingerprint density at radius 2 is 1.68 bits per heavy atom. The normalized spacial score (nSPS) is 14.5. The number of halogens is 3. The quantitative estimate of drug-likeness (QED) is 0.164. The number of esters is 1. The summed E-state index contributed by atoms with van der Waals surface area (Å²) in [6.07, 6.45) is -0.584. The molecule has 1 fully saturated rings. The summed E-state index contributed by atoms with van der Waals surface area (Å²) in [6.45, 7) is 2.15. The van der Waals surface area contributed by atoms with Crippen molar-refractivity contribution in [3.05, 3.63) is 78.4 Å². The van der Waals surface area contributed by atoms with Crippen LogP contribution in [0.15, 0.2) is 72.8 Å². The van der Waals surface area contributed by atoms with Gasteiger partial charge in [-0.25, -0.2) is 4.79 Å². The van der Waals surface area contributed by atoms with E-state index in [1.807, 2.05) is 36.4 Å². The van der Waals surface area contributed by atoms with Crippen LogP contribution in [0.25, 0.3) is 11.1 Å². The maximum absolute atomic E-state index is 12.7. The van der Waals surface area contributed by atoms with Gasteiger partial charge in [-0.3, -0.25) is 0 Å². The summed E-state index contributed by atoms with van der Waals surface area (Å²) in [4.78, 5) is 16.3. The molecule has 0 saturated carbocycles. The highest BCUT2D eigenvalue weighted by Crippen LogP contribution is 2.37. The van der Waals surface area contributed by atoms with E-state index in [1.54, 1.807) is 17.0 Å². The van der Waals surface area contributed by atoms with Crippen LogP contribution in [0.4, 0.5) is 24.5 Å². The van der Waals surface area contributed by atoms with Crippen LogP contribution in [0, 0.1) is 0 Å². The minimum atomic E-state index is -4.77. The van der Waals surface area contributed by atoms with Gasteiger partial charge >= 0.3 is 12.3 Å². The first-order valence-corrected chi connectivity index (χ1v) is 13.6. The molecule has 3 aromatic carbocycles. The second kappa shape index (κ2) is 13.6. The molecular weight excluding hydrogens is 521 g/mol. The van der Waals surface area contributed by atoms with E-state index in [0.29, 0.717) is 17.8 Å². The molecule has 3 aromatic rings. The van der Waals surface area contributed by atoms with Crippen LogP contribution in [-0.2, 0) is 16.0 Å². The number of carbonyl (C=O) groups excluding carboxylic acids is 1. The van der Waals surface area contributed by atoms with Crippen molar-refractivity contribution in [3.8, 4) is 16.9 Å². The van der Waals surface area contributed by atoms with Gasteiger partial charge in [0.1, 0.15) is 5.75 Å². The monoisotopic (exact) mass is 556 g/mol. The van der Waals surface area contributed by atoms with E-state index < -0.39 is 18.6 Å². The van der Waals surface area contributed by atoms with Crippen molar-refractivity contribution in [2.24, 2.45) is 0 Å². The highest BCUT2D eigenvalue weighted by atomic mass is 19.4. The number of rotatable bonds is 11. The molecule has 40 heavy (non-hydrogen) atoms. The first-order valence-electron chi connectivity index (χ1n) is 13.6. The third-order valence-corrected chi connectivity index (χ3v) is 7.07. The predicted octanol–water partition coefficient (Wildman–Crippen LogP) is 6.56. The van der Waals surface area contributed by atoms with Gasteiger partial charge in [0, 0.05) is 36.6 Å². The fourth-order valence-electron chi connectivity index (χ4n) is 5.06. The van der Waals surface area contributed by atoms with Crippen molar-refractivity contribution in [2.45, 2.75) is 51.1 Å². The van der Waals surface area contributed by atoms with Crippen molar-refractivity contribution in [1.29, 1.82) is 0 Å². The molecule has 9 heteroatoms. The minimum Gasteiger partial charge on any atom is -0.466 e. The Bertz CT molecular complexity index is 1230. The number of aliphatic hydroxyl groups excluding tert-OH is 1. The molecule has 0 spiro atoms. The average Bonchev–Trinajstić information content (AvgIpc) is 2.97. The summed E-state index contributed by atoms with van der Waals surface area (Å²) in [5, 5.41) is 10.9. The smallest absolute Gasteiger partial charge is 0.466 e. The molecule has 1 saturated heterocycles. The fraction of sp³-hybridized carbons (Fsp3) is 0.387. The Hall–Kier alpha value is -3.72. The second-order valence-corrected chi connectivity index (χ2v) is 9.85. The number of piperidine rings is 1. The number of carbonyl (C=O) groups is 1. The molecule has 0 bridgehead atoms. The van der Waals surface area contributed by atoms with Crippen molar-refractivity contribution in [3.63, 3.8) is 0 Å². The number of aliphatic hydroxyl groups is 1. The van der Waals surface area contributed by atoms with Gasteiger partial charge in [-0.1, -0.05) is 42.5 Å². The first-order chi connectivity index (χ1) is 19.2. The molecule has 0 radical (unpaired) electrons. The van der Waals surface area contributed by atoms with E-state index in [0.717, 1.165) is 62.9 Å². The van der Waals surface area contributed by atoms with Gasteiger partial charge in [-0.15, -0.1) is 13.2 Å². The fourth-order valence-corrected chi connectivity index (χ4v) is 5.06. The molecule has 214 valence electrons. The van der Waals surface area contributed by atoms with Crippen molar-refractivity contribution < 1.29 is 32.5 Å². The number of unbranched alkanes of at least 4 members (excludes halogenated alkanes) is 1. The maximum Gasteiger partial charge on any atom is 0.573 e. The number of alkyl halides is 3. The third kappa shape index (κ3) is 7.91. The van der Waals surface area contributed by atoms with Crippen molar-refractivity contribution in [1.82, 2.24) is 0 Å². The van der Waals surface area contributed by atoms with Crippen LogP contribution < -0.4 is 14.5 Å². The molecule has 1 aliphatic heterocycles. The Morgan fingerprint density at radius 3 is 2.33 bits per heavy atom. The molecule has 1 unspecified atom stereocenters. The van der Waals surface area contributed by atoms with Gasteiger partial charge in [-0.05, 0) is 80.0 Å². The zero-order valence-electron chi connectivity index (χ0n) is 22.6. The zero-order valence-corrected chi connectivity index (χ0v) is 22.6. The molecule has 1 heterocycles. The highest BCUT2D eigenvalue weighted by Gasteiger charge is 2.31. The lowest BCUT2D eigenvalue weighted by Gasteiger charge is -2.33. The summed E-state index contributed by atoms with van der Waals surface area (Å²) in [5.74, 6) is -1.06. The minimum absolute atomic E-state index is 0.298. The number of methoxy groups -OCH3 is 1. The van der Waals surface area contributed by atoms with Crippen LogP contribution in [0.1, 0.15) is 37.7 Å². The lowest BCUT2D eigenvalue weighted by atomic mass is 9.99. The Morgan fingerprint density at radius 1 is 0.975 bits per heavy atom. The van der Waals surface area contributed by atoms with Gasteiger partial charge in [0.2, 0.25) is 6.23 Å². The molecule has 0 aromatic heterocycles. The number of benzene rings is 3. The highest BCUT2D eigenvalue weighted by molar-refractivity contribution is 5.84. The molecule has 6 nitrogen and oxygen atoms in total. The van der Waals surface area contributed by atoms with E-state index in [1.165, 1.54) is 24.8 Å². The summed E-state index contributed by atoms with van der Waals surface area (Å²) in [7, 11) is 1.23. The van der Waals surface area contributed by atoms with Crippen LogP contribution in [0.5, 0.6) is 5.75 Å².